The first-order chi connectivity index (χ1) is 11.1. The summed E-state index contributed by atoms with van der Waals surface area (Å²) in [6, 6.07) is 1.79. The summed E-state index contributed by atoms with van der Waals surface area (Å²) in [6.45, 7) is 8.99. The van der Waals surface area contributed by atoms with E-state index in [0.29, 0.717) is 5.56 Å². The van der Waals surface area contributed by atoms with Crippen molar-refractivity contribution in [2.45, 2.75) is 57.9 Å². The molecule has 1 aromatic heterocycles. The van der Waals surface area contributed by atoms with Crippen molar-refractivity contribution in [3.05, 3.63) is 24.2 Å². The van der Waals surface area contributed by atoms with Crippen LogP contribution in [-0.4, -0.2) is 47.4 Å². The third-order valence-electron chi connectivity index (χ3n) is 5.64. The van der Waals surface area contributed by atoms with E-state index >= 15 is 0 Å². The average Bonchev–Trinajstić information content (AvgIpc) is 3.14. The second kappa shape index (κ2) is 7.08. The zero-order valence-electron chi connectivity index (χ0n) is 14.6. The van der Waals surface area contributed by atoms with E-state index in [9.17, 15) is 4.79 Å². The Bertz CT molecular complexity index is 511. The number of hydrogen-bond acceptors (Lipinski definition) is 3. The SMILES string of the molecule is CC(C)CCN1CCC[C@@]2(CCCN2C(=O)c2ccoc2)CC1. The van der Waals surface area contributed by atoms with Crippen LogP contribution in [0.4, 0.5) is 0 Å². The normalized spacial score (nSPS) is 26.1. The highest BCUT2D eigenvalue weighted by molar-refractivity contribution is 5.94. The summed E-state index contributed by atoms with van der Waals surface area (Å²) in [7, 11) is 0. The van der Waals surface area contributed by atoms with Gasteiger partial charge in [0.05, 0.1) is 11.8 Å². The molecule has 1 spiro atoms. The molecule has 0 aliphatic carbocycles. The molecular weight excluding hydrogens is 288 g/mol. The number of hydrogen-bond donors (Lipinski definition) is 0. The second-order valence-corrected chi connectivity index (χ2v) is 7.67. The number of rotatable bonds is 4. The Labute approximate surface area is 139 Å². The molecule has 2 saturated heterocycles. The van der Waals surface area contributed by atoms with Crippen molar-refractivity contribution in [1.29, 1.82) is 0 Å². The van der Waals surface area contributed by atoms with E-state index in [1.54, 1.807) is 18.6 Å². The number of likely N-dealkylation sites (tertiary alicyclic amines) is 2. The molecule has 0 saturated carbocycles. The first-order valence-electron chi connectivity index (χ1n) is 9.17. The van der Waals surface area contributed by atoms with Gasteiger partial charge in [0.15, 0.2) is 0 Å². The lowest BCUT2D eigenvalue weighted by molar-refractivity contribution is 0.0557. The third-order valence-corrected chi connectivity index (χ3v) is 5.64. The van der Waals surface area contributed by atoms with Gasteiger partial charge >= 0.3 is 0 Å². The minimum atomic E-state index is 0.0843. The molecule has 2 aliphatic rings. The Balaban J connectivity index is 1.67. The predicted octanol–water partition coefficient (Wildman–Crippen LogP) is 3.79. The molecule has 3 heterocycles. The van der Waals surface area contributed by atoms with Crippen molar-refractivity contribution >= 4 is 5.91 Å². The van der Waals surface area contributed by atoms with E-state index in [1.807, 2.05) is 0 Å². The zero-order valence-corrected chi connectivity index (χ0v) is 14.6. The molecule has 1 amide bonds. The fourth-order valence-corrected chi connectivity index (χ4v) is 4.22. The van der Waals surface area contributed by atoms with Gasteiger partial charge in [0, 0.05) is 18.6 Å². The highest BCUT2D eigenvalue weighted by atomic mass is 16.3. The van der Waals surface area contributed by atoms with Gasteiger partial charge in [-0.05, 0) is 63.6 Å². The number of amides is 1. The molecule has 0 aromatic carbocycles. The van der Waals surface area contributed by atoms with Crippen LogP contribution in [0.3, 0.4) is 0 Å². The first kappa shape index (κ1) is 16.6. The van der Waals surface area contributed by atoms with Crippen molar-refractivity contribution in [2.75, 3.05) is 26.2 Å². The maximum absolute atomic E-state index is 12.8. The summed E-state index contributed by atoms with van der Waals surface area (Å²) in [4.78, 5) is 17.6. The van der Waals surface area contributed by atoms with Crippen molar-refractivity contribution in [3.63, 3.8) is 0 Å². The second-order valence-electron chi connectivity index (χ2n) is 7.67. The van der Waals surface area contributed by atoms with Gasteiger partial charge in [-0.1, -0.05) is 13.8 Å². The van der Waals surface area contributed by atoms with E-state index < -0.39 is 0 Å². The highest BCUT2D eigenvalue weighted by Crippen LogP contribution is 2.39. The van der Waals surface area contributed by atoms with E-state index in [1.165, 1.54) is 25.9 Å². The fraction of sp³-hybridized carbons (Fsp3) is 0.737. The van der Waals surface area contributed by atoms with Gasteiger partial charge in [-0.25, -0.2) is 0 Å². The van der Waals surface area contributed by atoms with Crippen LogP contribution in [0, 0.1) is 5.92 Å². The van der Waals surface area contributed by atoms with Gasteiger partial charge in [-0.15, -0.1) is 0 Å². The lowest BCUT2D eigenvalue weighted by atomic mass is 9.87. The molecule has 0 radical (unpaired) electrons. The van der Waals surface area contributed by atoms with Crippen LogP contribution >= 0.6 is 0 Å². The molecule has 3 rings (SSSR count). The summed E-state index contributed by atoms with van der Waals surface area (Å²) in [5, 5.41) is 0. The quantitative estimate of drug-likeness (QED) is 0.847. The summed E-state index contributed by atoms with van der Waals surface area (Å²) in [5.74, 6) is 0.921. The molecule has 2 fully saturated rings. The van der Waals surface area contributed by atoms with Gasteiger partial charge in [0.25, 0.3) is 5.91 Å². The predicted molar refractivity (Wildman–Crippen MR) is 91.5 cm³/mol. The Morgan fingerprint density at radius 1 is 1.22 bits per heavy atom. The molecule has 4 heteroatoms. The van der Waals surface area contributed by atoms with Crippen molar-refractivity contribution in [2.24, 2.45) is 5.92 Å². The number of carbonyl (C=O) groups is 1. The average molecular weight is 318 g/mol. The van der Waals surface area contributed by atoms with Crippen molar-refractivity contribution in [3.8, 4) is 0 Å². The van der Waals surface area contributed by atoms with Crippen LogP contribution in [0.25, 0.3) is 0 Å². The Morgan fingerprint density at radius 2 is 2.00 bits per heavy atom. The van der Waals surface area contributed by atoms with Gasteiger partial charge in [-0.2, -0.15) is 0 Å². The molecule has 1 aromatic rings. The van der Waals surface area contributed by atoms with E-state index in [0.717, 1.165) is 44.7 Å². The summed E-state index contributed by atoms with van der Waals surface area (Å²) in [5.41, 5.74) is 0.785. The smallest absolute Gasteiger partial charge is 0.257 e. The standard InChI is InChI=1S/C19H30N2O2/c1-16(2)5-12-20-10-3-7-19(9-13-20)8-4-11-21(19)18(22)17-6-14-23-15-17/h6,14-16H,3-5,7-13H2,1-2H3/t19-/m1/s1. The number of furan rings is 1. The Hall–Kier alpha value is -1.29. The largest absolute Gasteiger partial charge is 0.472 e. The molecular formula is C19H30N2O2. The Kier molecular flexibility index (Phi) is 5.10. The monoisotopic (exact) mass is 318 g/mol. The lowest BCUT2D eigenvalue weighted by Crippen LogP contribution is -2.47. The Morgan fingerprint density at radius 3 is 2.70 bits per heavy atom. The van der Waals surface area contributed by atoms with Crippen LogP contribution in [-0.2, 0) is 0 Å². The highest BCUT2D eigenvalue weighted by Gasteiger charge is 2.44. The lowest BCUT2D eigenvalue weighted by Gasteiger charge is -2.38. The third kappa shape index (κ3) is 3.63. The molecule has 0 bridgehead atoms. The molecule has 4 nitrogen and oxygen atoms in total. The maximum Gasteiger partial charge on any atom is 0.257 e. The van der Waals surface area contributed by atoms with Crippen LogP contribution in [0.5, 0.6) is 0 Å². The van der Waals surface area contributed by atoms with Crippen LogP contribution in [0.1, 0.15) is 62.7 Å². The van der Waals surface area contributed by atoms with Crippen LogP contribution in [0.15, 0.2) is 23.0 Å². The van der Waals surface area contributed by atoms with Crippen LogP contribution < -0.4 is 0 Å². The number of nitrogens with zero attached hydrogens (tertiary/aromatic N) is 2. The molecule has 23 heavy (non-hydrogen) atoms. The summed E-state index contributed by atoms with van der Waals surface area (Å²) in [6.07, 6.45) is 10.2. The van der Waals surface area contributed by atoms with Crippen molar-refractivity contribution < 1.29 is 9.21 Å². The first-order valence-corrected chi connectivity index (χ1v) is 9.17. The number of carbonyl (C=O) groups excluding carboxylic acids is 1. The zero-order chi connectivity index (χ0) is 16.3. The minimum Gasteiger partial charge on any atom is -0.472 e. The van der Waals surface area contributed by atoms with E-state index in [4.69, 9.17) is 4.42 Å². The van der Waals surface area contributed by atoms with Crippen molar-refractivity contribution in [1.82, 2.24) is 9.80 Å². The maximum atomic E-state index is 12.8. The summed E-state index contributed by atoms with van der Waals surface area (Å²) >= 11 is 0. The van der Waals surface area contributed by atoms with Gasteiger partial charge in [0.2, 0.25) is 0 Å². The molecule has 0 N–H and O–H groups in total. The minimum absolute atomic E-state index is 0.0843. The summed E-state index contributed by atoms with van der Waals surface area (Å²) < 4.78 is 5.11. The molecule has 128 valence electrons. The van der Waals surface area contributed by atoms with Gasteiger partial charge in [0.1, 0.15) is 6.26 Å². The molecule has 2 aliphatic heterocycles. The topological polar surface area (TPSA) is 36.7 Å². The fourth-order valence-electron chi connectivity index (χ4n) is 4.22. The molecule has 0 unspecified atom stereocenters. The van der Waals surface area contributed by atoms with Gasteiger partial charge in [-0.3, -0.25) is 4.79 Å². The van der Waals surface area contributed by atoms with Crippen LogP contribution in [0.2, 0.25) is 0 Å². The van der Waals surface area contributed by atoms with E-state index in [2.05, 4.69) is 23.6 Å². The molecule has 1 atom stereocenters. The van der Waals surface area contributed by atoms with E-state index in [-0.39, 0.29) is 11.4 Å². The van der Waals surface area contributed by atoms with Gasteiger partial charge < -0.3 is 14.2 Å².